The van der Waals surface area contributed by atoms with Crippen LogP contribution >= 0.6 is 27.5 Å². The molecule has 88 valence electrons. The number of hydrazine groups is 1. The first kappa shape index (κ1) is 12.4. The monoisotopic (exact) mass is 302 g/mol. The maximum absolute atomic E-state index is 6.20. The molecule has 4 heteroatoms. The van der Waals surface area contributed by atoms with Gasteiger partial charge in [-0.3, -0.25) is 11.3 Å². The first-order valence-corrected chi connectivity index (χ1v) is 6.62. The highest BCUT2D eigenvalue weighted by atomic mass is 79.9. The van der Waals surface area contributed by atoms with Crippen LogP contribution in [0.1, 0.15) is 25.3 Å². The topological polar surface area (TPSA) is 38.0 Å². The van der Waals surface area contributed by atoms with Gasteiger partial charge in [-0.2, -0.15) is 0 Å². The van der Waals surface area contributed by atoms with Gasteiger partial charge in [0.2, 0.25) is 0 Å². The Hall–Kier alpha value is -0.0900. The van der Waals surface area contributed by atoms with Crippen molar-refractivity contribution in [3.63, 3.8) is 0 Å². The molecule has 3 N–H and O–H groups in total. The highest BCUT2D eigenvalue weighted by Crippen LogP contribution is 2.49. The molecule has 1 atom stereocenters. The summed E-state index contributed by atoms with van der Waals surface area (Å²) in [6, 6.07) is 6.32. The second-order valence-corrected chi connectivity index (χ2v) is 6.14. The molecule has 1 unspecified atom stereocenters. The Morgan fingerprint density at radius 2 is 2.25 bits per heavy atom. The molecule has 1 saturated carbocycles. The SMILES string of the molecule is CC1(C(Cc2ccc(Br)cc2Cl)NN)CC1. The molecule has 0 spiro atoms. The lowest BCUT2D eigenvalue weighted by atomic mass is 9.93. The summed E-state index contributed by atoms with van der Waals surface area (Å²) in [5.74, 6) is 5.62. The second-order valence-electron chi connectivity index (χ2n) is 4.81. The van der Waals surface area contributed by atoms with Gasteiger partial charge in [-0.15, -0.1) is 0 Å². The van der Waals surface area contributed by atoms with Gasteiger partial charge in [0.15, 0.2) is 0 Å². The van der Waals surface area contributed by atoms with E-state index in [2.05, 4.69) is 34.3 Å². The lowest BCUT2D eigenvalue weighted by Gasteiger charge is -2.23. The smallest absolute Gasteiger partial charge is 0.0449 e. The summed E-state index contributed by atoms with van der Waals surface area (Å²) in [5, 5.41) is 0.805. The Balaban J connectivity index is 2.13. The summed E-state index contributed by atoms with van der Waals surface area (Å²) < 4.78 is 1.01. The molecule has 0 saturated heterocycles. The summed E-state index contributed by atoms with van der Waals surface area (Å²) in [4.78, 5) is 0. The lowest BCUT2D eigenvalue weighted by Crippen LogP contribution is -2.42. The highest BCUT2D eigenvalue weighted by molar-refractivity contribution is 9.10. The van der Waals surface area contributed by atoms with E-state index in [-0.39, 0.29) is 0 Å². The van der Waals surface area contributed by atoms with Crippen LogP contribution in [0.25, 0.3) is 0 Å². The van der Waals surface area contributed by atoms with Gasteiger partial charge in [-0.25, -0.2) is 0 Å². The van der Waals surface area contributed by atoms with Crippen molar-refractivity contribution in [2.24, 2.45) is 11.3 Å². The zero-order valence-electron chi connectivity index (χ0n) is 9.26. The predicted octanol–water partition coefficient (Wildman–Crippen LogP) is 3.28. The van der Waals surface area contributed by atoms with Crippen LogP contribution in [0.2, 0.25) is 5.02 Å². The molecule has 2 rings (SSSR count). The second kappa shape index (κ2) is 4.65. The number of hydrogen-bond donors (Lipinski definition) is 2. The van der Waals surface area contributed by atoms with Crippen LogP contribution in [-0.4, -0.2) is 6.04 Å². The summed E-state index contributed by atoms with van der Waals surface area (Å²) >= 11 is 9.61. The summed E-state index contributed by atoms with van der Waals surface area (Å²) in [6.07, 6.45) is 3.38. The van der Waals surface area contributed by atoms with E-state index in [1.54, 1.807) is 0 Å². The number of hydrogen-bond acceptors (Lipinski definition) is 2. The van der Waals surface area contributed by atoms with Crippen LogP contribution < -0.4 is 11.3 Å². The molecular formula is C12H16BrClN2. The van der Waals surface area contributed by atoms with E-state index in [0.717, 1.165) is 21.5 Å². The Labute approximate surface area is 110 Å². The molecule has 1 aromatic carbocycles. The van der Waals surface area contributed by atoms with Crippen LogP contribution in [0.4, 0.5) is 0 Å². The third-order valence-corrected chi connectivity index (χ3v) is 4.37. The molecule has 0 aromatic heterocycles. The first-order chi connectivity index (χ1) is 7.55. The Morgan fingerprint density at radius 3 is 2.75 bits per heavy atom. The third kappa shape index (κ3) is 2.59. The molecule has 2 nitrogen and oxygen atoms in total. The van der Waals surface area contributed by atoms with E-state index >= 15 is 0 Å². The van der Waals surface area contributed by atoms with Gasteiger partial charge in [-0.05, 0) is 42.4 Å². The van der Waals surface area contributed by atoms with Gasteiger partial charge in [0.05, 0.1) is 0 Å². The minimum Gasteiger partial charge on any atom is -0.271 e. The number of nitrogens with one attached hydrogen (secondary N) is 1. The fraction of sp³-hybridized carbons (Fsp3) is 0.500. The van der Waals surface area contributed by atoms with Crippen molar-refractivity contribution in [2.75, 3.05) is 0 Å². The summed E-state index contributed by atoms with van der Waals surface area (Å²) in [7, 11) is 0. The van der Waals surface area contributed by atoms with Crippen LogP contribution in [0, 0.1) is 5.41 Å². The van der Waals surface area contributed by atoms with Gasteiger partial charge < -0.3 is 0 Å². The van der Waals surface area contributed by atoms with Crippen LogP contribution in [0.15, 0.2) is 22.7 Å². The van der Waals surface area contributed by atoms with Gasteiger partial charge in [0, 0.05) is 15.5 Å². The van der Waals surface area contributed by atoms with E-state index in [1.165, 1.54) is 12.8 Å². The largest absolute Gasteiger partial charge is 0.271 e. The molecular weight excluding hydrogens is 288 g/mol. The maximum atomic E-state index is 6.20. The van der Waals surface area contributed by atoms with Crippen molar-refractivity contribution < 1.29 is 0 Å². The van der Waals surface area contributed by atoms with Crippen LogP contribution in [0.3, 0.4) is 0 Å². The van der Waals surface area contributed by atoms with E-state index in [9.17, 15) is 0 Å². The van der Waals surface area contributed by atoms with Gasteiger partial charge >= 0.3 is 0 Å². The van der Waals surface area contributed by atoms with E-state index in [4.69, 9.17) is 17.4 Å². The third-order valence-electron chi connectivity index (χ3n) is 3.52. The van der Waals surface area contributed by atoms with E-state index < -0.39 is 0 Å². The fourth-order valence-corrected chi connectivity index (χ4v) is 2.71. The molecule has 1 fully saturated rings. The zero-order chi connectivity index (χ0) is 11.8. The highest BCUT2D eigenvalue weighted by Gasteiger charge is 2.44. The van der Waals surface area contributed by atoms with Crippen molar-refractivity contribution in [3.8, 4) is 0 Å². The summed E-state index contributed by atoms with van der Waals surface area (Å²) in [6.45, 7) is 2.27. The molecule has 0 radical (unpaired) electrons. The number of benzene rings is 1. The zero-order valence-corrected chi connectivity index (χ0v) is 11.6. The minimum absolute atomic E-state index is 0.311. The minimum atomic E-state index is 0.311. The van der Waals surface area contributed by atoms with E-state index in [1.807, 2.05) is 12.1 Å². The molecule has 0 bridgehead atoms. The summed E-state index contributed by atoms with van der Waals surface area (Å²) in [5.41, 5.74) is 4.43. The molecule has 0 heterocycles. The van der Waals surface area contributed by atoms with E-state index in [0.29, 0.717) is 11.5 Å². The average molecular weight is 304 g/mol. The molecule has 16 heavy (non-hydrogen) atoms. The van der Waals surface area contributed by atoms with Crippen LogP contribution in [0.5, 0.6) is 0 Å². The predicted molar refractivity (Wildman–Crippen MR) is 71.3 cm³/mol. The van der Waals surface area contributed by atoms with Gasteiger partial charge in [0.1, 0.15) is 0 Å². The number of rotatable bonds is 4. The molecule has 1 aromatic rings. The van der Waals surface area contributed by atoms with Gasteiger partial charge in [-0.1, -0.05) is 40.5 Å². The molecule has 1 aliphatic carbocycles. The lowest BCUT2D eigenvalue weighted by molar-refractivity contribution is 0.359. The molecule has 0 amide bonds. The van der Waals surface area contributed by atoms with Crippen molar-refractivity contribution in [2.45, 2.75) is 32.2 Å². The maximum Gasteiger partial charge on any atom is 0.0449 e. The standard InChI is InChI=1S/C12H16BrClN2/c1-12(4-5-12)11(16-15)6-8-2-3-9(13)7-10(8)14/h2-3,7,11,16H,4-6,15H2,1H3. The number of halogens is 2. The Kier molecular flexibility index (Phi) is 3.59. The normalized spacial score (nSPS) is 19.5. The number of nitrogens with two attached hydrogens (primary N) is 1. The Bertz CT molecular complexity index is 391. The quantitative estimate of drug-likeness (QED) is 0.662. The van der Waals surface area contributed by atoms with Crippen LogP contribution in [-0.2, 0) is 6.42 Å². The van der Waals surface area contributed by atoms with Crippen molar-refractivity contribution in [1.29, 1.82) is 0 Å². The average Bonchev–Trinajstić information content (AvgIpc) is 2.96. The molecule has 1 aliphatic rings. The van der Waals surface area contributed by atoms with Crippen molar-refractivity contribution in [3.05, 3.63) is 33.3 Å². The van der Waals surface area contributed by atoms with Crippen molar-refractivity contribution in [1.82, 2.24) is 5.43 Å². The molecule has 0 aliphatic heterocycles. The van der Waals surface area contributed by atoms with Gasteiger partial charge in [0.25, 0.3) is 0 Å². The fourth-order valence-electron chi connectivity index (χ4n) is 1.96. The van der Waals surface area contributed by atoms with Crippen molar-refractivity contribution >= 4 is 27.5 Å². The Morgan fingerprint density at radius 1 is 1.56 bits per heavy atom. The first-order valence-electron chi connectivity index (χ1n) is 5.45.